The Bertz CT molecular complexity index is 791. The number of carbonyl (C=O) groups is 2. The fraction of sp³-hybridized carbons (Fsp3) is 0.300. The summed E-state index contributed by atoms with van der Waals surface area (Å²) < 4.78 is 13.6. The van der Waals surface area contributed by atoms with Gasteiger partial charge in [0.15, 0.2) is 0 Å². The van der Waals surface area contributed by atoms with Crippen LogP contribution in [0.4, 0.5) is 15.8 Å². The minimum absolute atomic E-state index is 0.0268. The molecule has 144 valence electrons. The molecule has 0 saturated heterocycles. The van der Waals surface area contributed by atoms with Crippen molar-refractivity contribution < 1.29 is 14.0 Å². The molecule has 0 heterocycles. The lowest BCUT2D eigenvalue weighted by Crippen LogP contribution is -2.40. The van der Waals surface area contributed by atoms with Gasteiger partial charge in [0.1, 0.15) is 5.82 Å². The van der Waals surface area contributed by atoms with Gasteiger partial charge in [-0.15, -0.1) is 0 Å². The highest BCUT2D eigenvalue weighted by atomic mass is 19.1. The summed E-state index contributed by atoms with van der Waals surface area (Å²) in [7, 11) is 7.73. The van der Waals surface area contributed by atoms with Crippen LogP contribution < -0.4 is 15.5 Å². The molecule has 6 nitrogen and oxygen atoms in total. The molecule has 0 aliphatic rings. The fourth-order valence-corrected chi connectivity index (χ4v) is 2.60. The first-order valence-corrected chi connectivity index (χ1v) is 8.57. The van der Waals surface area contributed by atoms with Crippen molar-refractivity contribution in [2.75, 3.05) is 45.0 Å². The number of benzene rings is 2. The lowest BCUT2D eigenvalue weighted by molar-refractivity contribution is -0.136. The van der Waals surface area contributed by atoms with Crippen LogP contribution >= 0.6 is 0 Å². The summed E-state index contributed by atoms with van der Waals surface area (Å²) in [5.41, 5.74) is 2.06. The summed E-state index contributed by atoms with van der Waals surface area (Å²) in [6.07, 6.45) is 0. The number of hydrogen-bond donors (Lipinski definition) is 2. The van der Waals surface area contributed by atoms with Gasteiger partial charge in [-0.3, -0.25) is 9.59 Å². The fourth-order valence-electron chi connectivity index (χ4n) is 2.60. The van der Waals surface area contributed by atoms with E-state index in [1.54, 1.807) is 6.07 Å². The summed E-state index contributed by atoms with van der Waals surface area (Å²) in [5, 5.41) is 4.89. The van der Waals surface area contributed by atoms with Gasteiger partial charge in [-0.05, 0) is 43.9 Å². The Kier molecular flexibility index (Phi) is 6.90. The molecule has 27 heavy (non-hydrogen) atoms. The van der Waals surface area contributed by atoms with Gasteiger partial charge >= 0.3 is 11.8 Å². The van der Waals surface area contributed by atoms with E-state index in [9.17, 15) is 14.0 Å². The highest BCUT2D eigenvalue weighted by Crippen LogP contribution is 2.21. The van der Waals surface area contributed by atoms with Gasteiger partial charge in [0.25, 0.3) is 0 Å². The molecule has 0 unspecified atom stereocenters. The van der Waals surface area contributed by atoms with Crippen LogP contribution in [0.2, 0.25) is 0 Å². The molecule has 0 fully saturated rings. The van der Waals surface area contributed by atoms with E-state index in [2.05, 4.69) is 10.6 Å². The normalized spacial score (nSPS) is 11.8. The van der Waals surface area contributed by atoms with Crippen molar-refractivity contribution >= 4 is 23.2 Å². The zero-order valence-electron chi connectivity index (χ0n) is 16.0. The number of carbonyl (C=O) groups excluding carboxylic acids is 2. The van der Waals surface area contributed by atoms with Crippen molar-refractivity contribution in [3.63, 3.8) is 0 Å². The minimum Gasteiger partial charge on any atom is -0.378 e. The molecule has 0 aliphatic heterocycles. The van der Waals surface area contributed by atoms with Gasteiger partial charge in [0.2, 0.25) is 0 Å². The SMILES string of the molecule is CN(C)c1ccc([C@@H](CNC(=O)C(=O)Nc2ccccc2F)N(C)C)cc1. The van der Waals surface area contributed by atoms with Gasteiger partial charge in [-0.2, -0.15) is 0 Å². The van der Waals surface area contributed by atoms with E-state index in [4.69, 9.17) is 0 Å². The van der Waals surface area contributed by atoms with Gasteiger partial charge < -0.3 is 20.4 Å². The number of likely N-dealkylation sites (N-methyl/N-ethyl adjacent to an activating group) is 1. The topological polar surface area (TPSA) is 64.7 Å². The maximum Gasteiger partial charge on any atom is 0.313 e. The monoisotopic (exact) mass is 372 g/mol. The van der Waals surface area contributed by atoms with Crippen LogP contribution in [-0.2, 0) is 9.59 Å². The van der Waals surface area contributed by atoms with Crippen molar-refractivity contribution in [2.45, 2.75) is 6.04 Å². The van der Waals surface area contributed by atoms with E-state index < -0.39 is 17.6 Å². The lowest BCUT2D eigenvalue weighted by atomic mass is 10.1. The Hall–Kier alpha value is -2.93. The Morgan fingerprint density at radius 1 is 0.963 bits per heavy atom. The maximum atomic E-state index is 13.6. The smallest absolute Gasteiger partial charge is 0.313 e. The Labute approximate surface area is 159 Å². The molecule has 2 N–H and O–H groups in total. The second-order valence-electron chi connectivity index (χ2n) is 6.61. The summed E-state index contributed by atoms with van der Waals surface area (Å²) in [6, 6.07) is 13.6. The number of amides is 2. The number of nitrogens with one attached hydrogen (secondary N) is 2. The zero-order valence-corrected chi connectivity index (χ0v) is 16.0. The van der Waals surface area contributed by atoms with E-state index in [0.29, 0.717) is 0 Å². The zero-order chi connectivity index (χ0) is 20.0. The van der Waals surface area contributed by atoms with E-state index in [0.717, 1.165) is 11.3 Å². The molecular weight excluding hydrogens is 347 g/mol. The minimum atomic E-state index is -0.902. The van der Waals surface area contributed by atoms with Crippen LogP contribution in [0.5, 0.6) is 0 Å². The molecule has 0 saturated carbocycles. The molecule has 0 aliphatic carbocycles. The first-order valence-electron chi connectivity index (χ1n) is 8.57. The van der Waals surface area contributed by atoms with E-state index in [1.165, 1.54) is 18.2 Å². The van der Waals surface area contributed by atoms with Crippen LogP contribution in [-0.4, -0.2) is 51.4 Å². The van der Waals surface area contributed by atoms with E-state index in [-0.39, 0.29) is 18.3 Å². The average molecular weight is 372 g/mol. The van der Waals surface area contributed by atoms with Crippen molar-refractivity contribution in [1.29, 1.82) is 0 Å². The Morgan fingerprint density at radius 2 is 1.59 bits per heavy atom. The third-order valence-corrected chi connectivity index (χ3v) is 4.20. The number of anilines is 2. The largest absolute Gasteiger partial charge is 0.378 e. The standard InChI is InChI=1S/C20H25FN4O2/c1-24(2)15-11-9-14(10-12-15)18(25(3)4)13-22-19(26)20(27)23-17-8-6-5-7-16(17)21/h5-12,18H,13H2,1-4H3,(H,22,26)(H,23,27)/t18-/m1/s1. The Balaban J connectivity index is 1.99. The molecule has 2 aromatic rings. The first-order chi connectivity index (χ1) is 12.8. The third kappa shape index (κ3) is 5.52. The molecule has 0 spiro atoms. The van der Waals surface area contributed by atoms with Crippen molar-refractivity contribution in [3.8, 4) is 0 Å². The van der Waals surface area contributed by atoms with Crippen LogP contribution in [0, 0.1) is 5.82 Å². The quantitative estimate of drug-likeness (QED) is 0.764. The molecule has 7 heteroatoms. The molecule has 2 amide bonds. The van der Waals surface area contributed by atoms with Crippen LogP contribution in [0.15, 0.2) is 48.5 Å². The molecule has 0 radical (unpaired) electrons. The third-order valence-electron chi connectivity index (χ3n) is 4.20. The van der Waals surface area contributed by atoms with Gasteiger partial charge in [-0.25, -0.2) is 4.39 Å². The molecule has 2 rings (SSSR count). The predicted octanol–water partition coefficient (Wildman–Crippen LogP) is 2.25. The number of nitrogens with zero attached hydrogens (tertiary/aromatic N) is 2. The van der Waals surface area contributed by atoms with Crippen molar-refractivity contribution in [2.24, 2.45) is 0 Å². The molecule has 0 aromatic heterocycles. The number of hydrogen-bond acceptors (Lipinski definition) is 4. The molecular formula is C20H25FN4O2. The van der Waals surface area contributed by atoms with E-state index in [1.807, 2.05) is 62.3 Å². The highest BCUT2D eigenvalue weighted by molar-refractivity contribution is 6.39. The van der Waals surface area contributed by atoms with Gasteiger partial charge in [-0.1, -0.05) is 24.3 Å². The first kappa shape index (κ1) is 20.4. The second-order valence-corrected chi connectivity index (χ2v) is 6.61. The number of rotatable bonds is 6. The summed E-state index contributed by atoms with van der Waals surface area (Å²) in [6.45, 7) is 0.248. The Morgan fingerprint density at radius 3 is 2.15 bits per heavy atom. The molecule has 2 aromatic carbocycles. The summed E-state index contributed by atoms with van der Waals surface area (Å²) in [4.78, 5) is 28.0. The van der Waals surface area contributed by atoms with Crippen molar-refractivity contribution in [1.82, 2.24) is 10.2 Å². The van der Waals surface area contributed by atoms with Crippen LogP contribution in [0.25, 0.3) is 0 Å². The second kappa shape index (κ2) is 9.14. The van der Waals surface area contributed by atoms with Crippen molar-refractivity contribution in [3.05, 3.63) is 59.9 Å². The maximum absolute atomic E-state index is 13.6. The highest BCUT2D eigenvalue weighted by Gasteiger charge is 2.19. The van der Waals surface area contributed by atoms with E-state index >= 15 is 0 Å². The predicted molar refractivity (Wildman–Crippen MR) is 105 cm³/mol. The van der Waals surface area contributed by atoms with Crippen LogP contribution in [0.3, 0.4) is 0 Å². The van der Waals surface area contributed by atoms with Gasteiger partial charge in [0.05, 0.1) is 11.7 Å². The van der Waals surface area contributed by atoms with Gasteiger partial charge in [0, 0.05) is 26.3 Å². The summed E-state index contributed by atoms with van der Waals surface area (Å²) in [5.74, 6) is -2.30. The number of halogens is 1. The number of para-hydroxylation sites is 1. The average Bonchev–Trinajstić information content (AvgIpc) is 2.63. The summed E-state index contributed by atoms with van der Waals surface area (Å²) >= 11 is 0. The molecule has 1 atom stereocenters. The van der Waals surface area contributed by atoms with Crippen LogP contribution in [0.1, 0.15) is 11.6 Å². The lowest BCUT2D eigenvalue weighted by Gasteiger charge is -2.25. The molecule has 0 bridgehead atoms.